The molecule has 0 amide bonds. The Morgan fingerprint density at radius 3 is 2.88 bits per heavy atom. The number of aliphatic hydroxyl groups is 2. The van der Waals surface area contributed by atoms with Crippen LogP contribution in [0.4, 0.5) is 0 Å². The maximum atomic E-state index is 9.87. The molecule has 1 aromatic rings. The zero-order valence-corrected chi connectivity index (χ0v) is 9.54. The molecule has 0 aromatic carbocycles. The van der Waals surface area contributed by atoms with Gasteiger partial charge in [0.1, 0.15) is 5.76 Å². The fraction of sp³-hybridized carbons (Fsp3) is 0.231. The Hall–Kier alpha value is -1.94. The first-order valence-electron chi connectivity index (χ1n) is 5.39. The fourth-order valence-electron chi connectivity index (χ4n) is 1.59. The summed E-state index contributed by atoms with van der Waals surface area (Å²) in [6.07, 6.45) is 4.53. The van der Waals surface area contributed by atoms with E-state index >= 15 is 0 Å². The molecular weight excluding hydrogens is 216 g/mol. The molecule has 0 saturated carbocycles. The van der Waals surface area contributed by atoms with Crippen LogP contribution in [0.3, 0.4) is 0 Å². The number of aliphatic hydroxyl groups excluding tert-OH is 2. The normalized spacial score (nSPS) is 19.8. The highest BCUT2D eigenvalue weighted by atomic mass is 16.3. The van der Waals surface area contributed by atoms with Crippen molar-refractivity contribution in [3.8, 4) is 0 Å². The average Bonchev–Trinajstić information content (AvgIpc) is 2.35. The molecule has 1 aliphatic rings. The Balaban J connectivity index is 2.21. The molecule has 0 radical (unpaired) electrons. The van der Waals surface area contributed by atoms with Crippen molar-refractivity contribution >= 4 is 5.71 Å². The molecule has 0 bridgehead atoms. The van der Waals surface area contributed by atoms with Gasteiger partial charge >= 0.3 is 0 Å². The lowest BCUT2D eigenvalue weighted by atomic mass is 10.0. The van der Waals surface area contributed by atoms with Crippen molar-refractivity contribution in [1.29, 1.82) is 0 Å². The Morgan fingerprint density at radius 1 is 1.35 bits per heavy atom. The third kappa shape index (κ3) is 2.79. The van der Waals surface area contributed by atoms with Gasteiger partial charge in [0.2, 0.25) is 0 Å². The summed E-state index contributed by atoms with van der Waals surface area (Å²) in [6.45, 7) is 1.95. The molecule has 1 aliphatic carbocycles. The Bertz CT molecular complexity index is 489. The summed E-state index contributed by atoms with van der Waals surface area (Å²) in [5.41, 5.74) is 2.05. The molecule has 4 heteroatoms. The highest BCUT2D eigenvalue weighted by molar-refractivity contribution is 6.00. The van der Waals surface area contributed by atoms with Gasteiger partial charge in [0.15, 0.2) is 6.23 Å². The molecule has 1 unspecified atom stereocenters. The van der Waals surface area contributed by atoms with Gasteiger partial charge in [-0.25, -0.2) is 4.99 Å². The van der Waals surface area contributed by atoms with Crippen LogP contribution in [-0.2, 0) is 0 Å². The first kappa shape index (κ1) is 11.5. The van der Waals surface area contributed by atoms with E-state index in [9.17, 15) is 10.2 Å². The minimum absolute atomic E-state index is 0.102. The zero-order valence-electron chi connectivity index (χ0n) is 9.54. The molecule has 1 heterocycles. The van der Waals surface area contributed by atoms with Crippen molar-refractivity contribution in [2.75, 3.05) is 0 Å². The molecule has 0 spiro atoms. The summed E-state index contributed by atoms with van der Waals surface area (Å²) < 4.78 is 0. The quantitative estimate of drug-likeness (QED) is 0.819. The number of aromatic nitrogens is 1. The maximum absolute atomic E-state index is 9.87. The number of nitrogens with zero attached hydrogens (tertiary/aromatic N) is 2. The largest absolute Gasteiger partial charge is 0.506 e. The molecule has 0 saturated heterocycles. The van der Waals surface area contributed by atoms with E-state index in [2.05, 4.69) is 9.98 Å². The topological polar surface area (TPSA) is 65.7 Å². The Kier molecular flexibility index (Phi) is 3.35. The Labute approximate surface area is 99.7 Å². The summed E-state index contributed by atoms with van der Waals surface area (Å²) in [5, 5.41) is 19.5. The molecule has 0 aliphatic heterocycles. The van der Waals surface area contributed by atoms with Gasteiger partial charge in [0, 0.05) is 12.6 Å². The smallest absolute Gasteiger partial charge is 0.188 e. The number of rotatable bonds is 2. The maximum Gasteiger partial charge on any atom is 0.188 e. The van der Waals surface area contributed by atoms with Crippen molar-refractivity contribution < 1.29 is 10.2 Å². The van der Waals surface area contributed by atoms with Crippen molar-refractivity contribution in [2.24, 2.45) is 4.99 Å². The molecular formula is C13H14N2O2. The SMILES string of the molecule is CC1=CC=C(O)C(=NC(O)c2ccccn2)C1. The second kappa shape index (κ2) is 4.93. The van der Waals surface area contributed by atoms with Gasteiger partial charge in [0.05, 0.1) is 11.4 Å². The second-order valence-corrected chi connectivity index (χ2v) is 3.95. The van der Waals surface area contributed by atoms with Crippen LogP contribution in [0.25, 0.3) is 0 Å². The van der Waals surface area contributed by atoms with Gasteiger partial charge in [-0.2, -0.15) is 0 Å². The summed E-state index contributed by atoms with van der Waals surface area (Å²) >= 11 is 0. The standard InChI is InChI=1S/C13H14N2O2/c1-9-5-6-12(16)11(8-9)15-13(17)10-4-2-3-7-14-10/h2-7,13,16-17H,8H2,1H3. The predicted molar refractivity (Wildman–Crippen MR) is 65.7 cm³/mol. The third-order valence-corrected chi connectivity index (χ3v) is 2.50. The summed E-state index contributed by atoms with van der Waals surface area (Å²) in [5.74, 6) is 0.102. The third-order valence-electron chi connectivity index (χ3n) is 2.50. The minimum atomic E-state index is -1.03. The van der Waals surface area contributed by atoms with Crippen LogP contribution in [-0.4, -0.2) is 20.9 Å². The van der Waals surface area contributed by atoms with Gasteiger partial charge in [-0.15, -0.1) is 0 Å². The number of aliphatic imine (C=N–C) groups is 1. The lowest BCUT2D eigenvalue weighted by molar-refractivity contribution is 0.183. The van der Waals surface area contributed by atoms with E-state index in [1.807, 2.05) is 13.0 Å². The highest BCUT2D eigenvalue weighted by Crippen LogP contribution is 2.18. The lowest BCUT2D eigenvalue weighted by Gasteiger charge is -2.13. The van der Waals surface area contributed by atoms with Crippen LogP contribution < -0.4 is 0 Å². The van der Waals surface area contributed by atoms with Crippen molar-refractivity contribution in [3.05, 3.63) is 53.6 Å². The number of hydrogen-bond acceptors (Lipinski definition) is 4. The molecule has 17 heavy (non-hydrogen) atoms. The number of hydrogen-bond donors (Lipinski definition) is 2. The fourth-order valence-corrected chi connectivity index (χ4v) is 1.59. The molecule has 4 nitrogen and oxygen atoms in total. The van der Waals surface area contributed by atoms with Gasteiger partial charge in [-0.05, 0) is 25.1 Å². The summed E-state index contributed by atoms with van der Waals surface area (Å²) in [7, 11) is 0. The van der Waals surface area contributed by atoms with Crippen molar-refractivity contribution in [1.82, 2.24) is 4.98 Å². The van der Waals surface area contributed by atoms with Gasteiger partial charge in [-0.1, -0.05) is 17.7 Å². The van der Waals surface area contributed by atoms with Crippen molar-refractivity contribution in [2.45, 2.75) is 19.6 Å². The molecule has 2 N–H and O–H groups in total. The van der Waals surface area contributed by atoms with Crippen LogP contribution in [0.5, 0.6) is 0 Å². The molecule has 2 rings (SSSR count). The first-order valence-corrected chi connectivity index (χ1v) is 5.39. The van der Waals surface area contributed by atoms with Gasteiger partial charge < -0.3 is 10.2 Å². The molecule has 1 atom stereocenters. The van der Waals surface area contributed by atoms with E-state index < -0.39 is 6.23 Å². The lowest BCUT2D eigenvalue weighted by Crippen LogP contribution is -2.10. The molecule has 1 aromatic heterocycles. The van der Waals surface area contributed by atoms with E-state index in [-0.39, 0.29) is 5.76 Å². The average molecular weight is 230 g/mol. The van der Waals surface area contributed by atoms with E-state index in [1.54, 1.807) is 30.5 Å². The van der Waals surface area contributed by atoms with E-state index in [4.69, 9.17) is 0 Å². The van der Waals surface area contributed by atoms with Gasteiger partial charge in [-0.3, -0.25) is 4.98 Å². The summed E-state index contributed by atoms with van der Waals surface area (Å²) in [6, 6.07) is 5.25. The molecule has 88 valence electrons. The Morgan fingerprint density at radius 2 is 2.18 bits per heavy atom. The van der Waals surface area contributed by atoms with Gasteiger partial charge in [0.25, 0.3) is 0 Å². The predicted octanol–water partition coefficient (Wildman–Crippen LogP) is 2.31. The molecule has 0 fully saturated rings. The minimum Gasteiger partial charge on any atom is -0.506 e. The van der Waals surface area contributed by atoms with E-state index in [0.717, 1.165) is 5.57 Å². The van der Waals surface area contributed by atoms with Crippen LogP contribution in [0.15, 0.2) is 52.9 Å². The van der Waals surface area contributed by atoms with Crippen LogP contribution in [0.2, 0.25) is 0 Å². The first-order chi connectivity index (χ1) is 8.16. The van der Waals surface area contributed by atoms with E-state index in [1.165, 1.54) is 0 Å². The zero-order chi connectivity index (χ0) is 12.3. The van der Waals surface area contributed by atoms with Crippen LogP contribution >= 0.6 is 0 Å². The monoisotopic (exact) mass is 230 g/mol. The number of pyridine rings is 1. The highest BCUT2D eigenvalue weighted by Gasteiger charge is 2.14. The summed E-state index contributed by atoms with van der Waals surface area (Å²) in [4.78, 5) is 8.10. The number of allylic oxidation sites excluding steroid dienone is 4. The van der Waals surface area contributed by atoms with Crippen molar-refractivity contribution in [3.63, 3.8) is 0 Å². The van der Waals surface area contributed by atoms with Crippen LogP contribution in [0.1, 0.15) is 25.3 Å². The second-order valence-electron chi connectivity index (χ2n) is 3.95. The van der Waals surface area contributed by atoms with E-state index in [0.29, 0.717) is 17.8 Å². The van der Waals surface area contributed by atoms with Crippen LogP contribution in [0, 0.1) is 0 Å².